The highest BCUT2D eigenvalue weighted by Crippen LogP contribution is 2.41. The summed E-state index contributed by atoms with van der Waals surface area (Å²) in [5.74, 6) is 1.51. The van der Waals surface area contributed by atoms with Gasteiger partial charge in [0, 0.05) is 16.5 Å². The van der Waals surface area contributed by atoms with E-state index in [-0.39, 0.29) is 11.6 Å². The van der Waals surface area contributed by atoms with E-state index in [1.807, 2.05) is 29.7 Å². The Kier molecular flexibility index (Phi) is 5.00. The van der Waals surface area contributed by atoms with E-state index in [1.54, 1.807) is 11.8 Å². The fourth-order valence-corrected chi connectivity index (χ4v) is 6.16. The van der Waals surface area contributed by atoms with Crippen LogP contribution in [-0.4, -0.2) is 10.8 Å². The summed E-state index contributed by atoms with van der Waals surface area (Å²) in [7, 11) is 0. The van der Waals surface area contributed by atoms with Gasteiger partial charge in [-0.15, -0.1) is 11.8 Å². The zero-order valence-corrected chi connectivity index (χ0v) is 20.0. The average molecular weight is 471 g/mol. The molecule has 4 aromatic rings. The molecule has 0 bridgehead atoms. The number of hydrogen-bond acceptors (Lipinski definition) is 5. The fourth-order valence-electron chi connectivity index (χ4n) is 4.77. The lowest BCUT2D eigenvalue weighted by Gasteiger charge is -2.30. The number of hydrogen-bond donors (Lipinski definition) is 0. The van der Waals surface area contributed by atoms with Crippen LogP contribution in [0.2, 0.25) is 0 Å². The highest BCUT2D eigenvalue weighted by molar-refractivity contribution is 7.98. The van der Waals surface area contributed by atoms with Gasteiger partial charge in [-0.2, -0.15) is 0 Å². The van der Waals surface area contributed by atoms with E-state index >= 15 is 0 Å². The predicted molar refractivity (Wildman–Crippen MR) is 134 cm³/mol. The summed E-state index contributed by atoms with van der Waals surface area (Å²) in [6.45, 7) is 1.91. The largest absolute Gasteiger partial charge is 0.462 e. The molecule has 1 aliphatic carbocycles. The molecule has 0 saturated carbocycles. The van der Waals surface area contributed by atoms with Crippen molar-refractivity contribution in [2.75, 3.05) is 6.26 Å². The molecule has 2 aliphatic rings. The molecular weight excluding hydrogens is 448 g/mol. The number of rotatable bonds is 3. The molecule has 1 atom stereocenters. The number of aryl methyl sites for hydroxylation is 2. The monoisotopic (exact) mass is 470 g/mol. The standard InChI is InChI=1S/C27H22N2O2S2/c1-16-7-11-19(31-16)15-23-26(30)29-25(18-8-12-20(32-2)13-9-18)22-14-10-17-5-3-4-6-21(17)24(22)28-27(29)33-23/h3-9,11-13,15,25H,10,14H2,1-2H3. The smallest absolute Gasteiger partial charge is 0.271 e. The molecule has 0 saturated heterocycles. The molecule has 6 heteroatoms. The van der Waals surface area contributed by atoms with Crippen LogP contribution in [0.15, 0.2) is 85.3 Å². The van der Waals surface area contributed by atoms with Crippen molar-refractivity contribution in [1.82, 2.24) is 4.57 Å². The third-order valence-electron chi connectivity index (χ3n) is 6.34. The first kappa shape index (κ1) is 20.5. The maximum Gasteiger partial charge on any atom is 0.271 e. The van der Waals surface area contributed by atoms with E-state index < -0.39 is 0 Å². The topological polar surface area (TPSA) is 47.5 Å². The number of thioether (sulfide) groups is 1. The summed E-state index contributed by atoms with van der Waals surface area (Å²) in [5.41, 5.74) is 5.86. The van der Waals surface area contributed by atoms with Crippen LogP contribution in [0.4, 0.5) is 0 Å². The van der Waals surface area contributed by atoms with Gasteiger partial charge in [0.15, 0.2) is 4.80 Å². The van der Waals surface area contributed by atoms with Crippen LogP contribution in [0.5, 0.6) is 0 Å². The number of fused-ring (bicyclic) bond motifs is 3. The van der Waals surface area contributed by atoms with E-state index in [4.69, 9.17) is 9.41 Å². The van der Waals surface area contributed by atoms with E-state index in [0.717, 1.165) is 34.7 Å². The fraction of sp³-hybridized carbons (Fsp3) is 0.185. The highest BCUT2D eigenvalue weighted by Gasteiger charge is 2.32. The van der Waals surface area contributed by atoms with E-state index in [2.05, 4.69) is 54.8 Å². The molecule has 0 spiro atoms. The Balaban J connectivity index is 1.62. The zero-order valence-electron chi connectivity index (χ0n) is 18.4. The molecule has 6 rings (SSSR count). The Morgan fingerprint density at radius 1 is 1.09 bits per heavy atom. The van der Waals surface area contributed by atoms with Crippen molar-refractivity contribution < 1.29 is 4.42 Å². The minimum absolute atomic E-state index is 0.0165. The van der Waals surface area contributed by atoms with Crippen LogP contribution in [0.1, 0.15) is 40.7 Å². The maximum atomic E-state index is 13.7. The summed E-state index contributed by atoms with van der Waals surface area (Å²) in [6, 6.07) is 20.7. The molecule has 2 aromatic carbocycles. The quantitative estimate of drug-likeness (QED) is 0.399. The van der Waals surface area contributed by atoms with Crippen molar-refractivity contribution >= 4 is 34.9 Å². The van der Waals surface area contributed by atoms with Crippen LogP contribution >= 0.6 is 23.1 Å². The van der Waals surface area contributed by atoms with Crippen LogP contribution in [-0.2, 0) is 6.42 Å². The summed E-state index contributed by atoms with van der Waals surface area (Å²) < 4.78 is 8.23. The SMILES string of the molecule is CSc1ccc(C2C3=C(N=c4sc(=Cc5ccc(C)o5)c(=O)n42)c2ccccc2CC3)cc1. The van der Waals surface area contributed by atoms with Crippen molar-refractivity contribution in [3.05, 3.63) is 114 Å². The number of allylic oxidation sites excluding steroid dienone is 1. The summed E-state index contributed by atoms with van der Waals surface area (Å²) >= 11 is 3.15. The summed E-state index contributed by atoms with van der Waals surface area (Å²) in [5, 5.41) is 0. The van der Waals surface area contributed by atoms with Crippen LogP contribution < -0.4 is 14.9 Å². The van der Waals surface area contributed by atoms with Gasteiger partial charge < -0.3 is 4.42 Å². The average Bonchev–Trinajstić information content (AvgIpc) is 3.40. The van der Waals surface area contributed by atoms with Gasteiger partial charge in [-0.1, -0.05) is 47.7 Å². The third-order valence-corrected chi connectivity index (χ3v) is 8.07. The Bertz CT molecular complexity index is 1590. The lowest BCUT2D eigenvalue weighted by molar-refractivity contribution is 0.524. The lowest BCUT2D eigenvalue weighted by atomic mass is 9.83. The Morgan fingerprint density at radius 2 is 1.91 bits per heavy atom. The number of thiazole rings is 1. The lowest BCUT2D eigenvalue weighted by Crippen LogP contribution is -2.38. The highest BCUT2D eigenvalue weighted by atomic mass is 32.2. The van der Waals surface area contributed by atoms with Gasteiger partial charge in [0.05, 0.1) is 16.3 Å². The van der Waals surface area contributed by atoms with Crippen molar-refractivity contribution in [3.8, 4) is 0 Å². The van der Waals surface area contributed by atoms with Crippen molar-refractivity contribution in [2.24, 2.45) is 4.99 Å². The minimum Gasteiger partial charge on any atom is -0.462 e. The predicted octanol–water partition coefficient (Wildman–Crippen LogP) is 4.94. The van der Waals surface area contributed by atoms with Gasteiger partial charge in [0.2, 0.25) is 0 Å². The van der Waals surface area contributed by atoms with E-state index in [1.165, 1.54) is 32.9 Å². The first-order valence-corrected chi connectivity index (χ1v) is 13.0. The Labute approximate surface area is 199 Å². The van der Waals surface area contributed by atoms with Gasteiger partial charge in [0.25, 0.3) is 5.56 Å². The van der Waals surface area contributed by atoms with Crippen LogP contribution in [0.3, 0.4) is 0 Å². The molecule has 33 heavy (non-hydrogen) atoms. The van der Waals surface area contributed by atoms with Gasteiger partial charge in [-0.05, 0) is 67.0 Å². The van der Waals surface area contributed by atoms with Crippen LogP contribution in [0.25, 0.3) is 11.8 Å². The molecule has 0 fully saturated rings. The van der Waals surface area contributed by atoms with Gasteiger partial charge in [-0.3, -0.25) is 9.36 Å². The summed E-state index contributed by atoms with van der Waals surface area (Å²) in [6.07, 6.45) is 5.76. The minimum atomic E-state index is -0.152. The van der Waals surface area contributed by atoms with Crippen molar-refractivity contribution in [3.63, 3.8) is 0 Å². The normalized spacial score (nSPS) is 17.4. The van der Waals surface area contributed by atoms with E-state index in [0.29, 0.717) is 10.3 Å². The number of furan rings is 1. The Hall–Kier alpha value is -3.09. The number of aromatic nitrogens is 1. The third kappa shape index (κ3) is 3.45. The second-order valence-electron chi connectivity index (χ2n) is 8.34. The molecule has 3 heterocycles. The molecule has 0 N–H and O–H groups in total. The molecule has 0 amide bonds. The van der Waals surface area contributed by atoms with Crippen molar-refractivity contribution in [2.45, 2.75) is 30.7 Å². The molecule has 0 radical (unpaired) electrons. The first-order valence-electron chi connectivity index (χ1n) is 11.0. The Morgan fingerprint density at radius 3 is 2.67 bits per heavy atom. The summed E-state index contributed by atoms with van der Waals surface area (Å²) in [4.78, 5) is 20.7. The zero-order chi connectivity index (χ0) is 22.5. The second kappa shape index (κ2) is 8.04. The second-order valence-corrected chi connectivity index (χ2v) is 10.2. The van der Waals surface area contributed by atoms with Gasteiger partial charge in [-0.25, -0.2) is 4.99 Å². The maximum absolute atomic E-state index is 13.7. The van der Waals surface area contributed by atoms with Gasteiger partial charge >= 0.3 is 0 Å². The number of nitrogens with zero attached hydrogens (tertiary/aromatic N) is 2. The molecule has 1 aliphatic heterocycles. The number of benzene rings is 2. The van der Waals surface area contributed by atoms with Crippen molar-refractivity contribution in [1.29, 1.82) is 0 Å². The van der Waals surface area contributed by atoms with Gasteiger partial charge in [0.1, 0.15) is 11.5 Å². The van der Waals surface area contributed by atoms with Crippen LogP contribution in [0, 0.1) is 6.92 Å². The molecular formula is C27H22N2O2S2. The molecule has 1 unspecified atom stereocenters. The molecule has 2 aromatic heterocycles. The molecule has 4 nitrogen and oxygen atoms in total. The molecule has 164 valence electrons. The van der Waals surface area contributed by atoms with E-state index in [9.17, 15) is 4.79 Å². The first-order chi connectivity index (χ1) is 16.1.